The Morgan fingerprint density at radius 1 is 1.08 bits per heavy atom. The van der Waals surface area contributed by atoms with Gasteiger partial charge in [-0.25, -0.2) is 0 Å². The van der Waals surface area contributed by atoms with Crippen LogP contribution in [0.3, 0.4) is 0 Å². The summed E-state index contributed by atoms with van der Waals surface area (Å²) in [4.78, 5) is 31.1. The van der Waals surface area contributed by atoms with Crippen molar-refractivity contribution in [1.29, 1.82) is 0 Å². The molecule has 0 spiro atoms. The van der Waals surface area contributed by atoms with Crippen LogP contribution >= 0.6 is 0 Å². The zero-order valence-electron chi connectivity index (χ0n) is 15.2. The van der Waals surface area contributed by atoms with Crippen molar-refractivity contribution in [2.45, 2.75) is 6.42 Å². The summed E-state index contributed by atoms with van der Waals surface area (Å²) in [7, 11) is 4.03. The van der Waals surface area contributed by atoms with Crippen LogP contribution in [0.1, 0.15) is 16.8 Å². The molecule has 0 aliphatic carbocycles. The highest BCUT2D eigenvalue weighted by Gasteiger charge is 2.32. The minimum absolute atomic E-state index is 0.0438. The van der Waals surface area contributed by atoms with E-state index in [4.69, 9.17) is 5.73 Å². The monoisotopic (exact) mass is 352 g/mol. The van der Waals surface area contributed by atoms with E-state index in [0.717, 1.165) is 24.3 Å². The van der Waals surface area contributed by atoms with Crippen molar-refractivity contribution >= 4 is 28.9 Å². The van der Waals surface area contributed by atoms with Crippen LogP contribution < -0.4 is 15.5 Å². The van der Waals surface area contributed by atoms with E-state index >= 15 is 0 Å². The Hall–Kier alpha value is -2.86. The largest absolute Gasteiger partial charge is 0.399 e. The summed E-state index contributed by atoms with van der Waals surface area (Å²) < 4.78 is 0. The molecule has 1 aliphatic rings. The second-order valence-electron chi connectivity index (χ2n) is 6.70. The first-order valence-electron chi connectivity index (χ1n) is 8.69. The van der Waals surface area contributed by atoms with Crippen LogP contribution in [0.2, 0.25) is 0 Å². The summed E-state index contributed by atoms with van der Waals surface area (Å²) in [5, 5.41) is 0. The van der Waals surface area contributed by atoms with Gasteiger partial charge in [-0.3, -0.25) is 14.5 Å². The molecule has 0 radical (unpaired) electrons. The molecule has 136 valence electrons. The molecule has 1 aliphatic heterocycles. The van der Waals surface area contributed by atoms with Crippen LogP contribution in [0.25, 0.3) is 0 Å². The van der Waals surface area contributed by atoms with E-state index in [1.807, 2.05) is 38.4 Å². The lowest BCUT2D eigenvalue weighted by Gasteiger charge is -2.36. The average Bonchev–Trinajstić information content (AvgIpc) is 2.63. The summed E-state index contributed by atoms with van der Waals surface area (Å²) >= 11 is 0. The van der Waals surface area contributed by atoms with Crippen molar-refractivity contribution < 1.29 is 9.59 Å². The minimum atomic E-state index is -0.196. The van der Waals surface area contributed by atoms with Gasteiger partial charge in [0, 0.05) is 17.8 Å². The highest BCUT2D eigenvalue weighted by molar-refractivity contribution is 6.15. The Labute approximate surface area is 153 Å². The third kappa shape index (κ3) is 3.70. The van der Waals surface area contributed by atoms with E-state index in [0.29, 0.717) is 17.8 Å². The average molecular weight is 352 g/mol. The van der Waals surface area contributed by atoms with Crippen LogP contribution in [0.4, 0.5) is 17.1 Å². The summed E-state index contributed by atoms with van der Waals surface area (Å²) in [6.07, 6.45) is 0.874. The van der Waals surface area contributed by atoms with Crippen molar-refractivity contribution in [3.63, 3.8) is 0 Å². The minimum Gasteiger partial charge on any atom is -0.399 e. The van der Waals surface area contributed by atoms with Crippen molar-refractivity contribution in [1.82, 2.24) is 4.90 Å². The number of nitrogen functional groups attached to an aromatic ring is 1. The molecule has 0 fully saturated rings. The summed E-state index contributed by atoms with van der Waals surface area (Å²) in [5.41, 5.74) is 8.36. The Balaban J connectivity index is 1.87. The maximum atomic E-state index is 12.9. The van der Waals surface area contributed by atoms with Crippen LogP contribution in [0.15, 0.2) is 48.5 Å². The molecule has 26 heavy (non-hydrogen) atoms. The fraction of sp³-hybridized carbons (Fsp3) is 0.300. The Kier molecular flexibility index (Phi) is 5.23. The van der Waals surface area contributed by atoms with E-state index in [9.17, 15) is 9.59 Å². The second kappa shape index (κ2) is 7.58. The fourth-order valence-electron chi connectivity index (χ4n) is 3.11. The van der Waals surface area contributed by atoms with Crippen molar-refractivity contribution in [3.05, 3.63) is 54.1 Å². The van der Waals surface area contributed by atoms with Gasteiger partial charge in [-0.1, -0.05) is 12.1 Å². The Morgan fingerprint density at radius 3 is 2.38 bits per heavy atom. The number of amides is 2. The third-order valence-electron chi connectivity index (χ3n) is 4.45. The van der Waals surface area contributed by atoms with Gasteiger partial charge in [0.2, 0.25) is 5.91 Å². The van der Waals surface area contributed by atoms with Gasteiger partial charge in [-0.15, -0.1) is 0 Å². The number of nitrogens with zero attached hydrogens (tertiary/aromatic N) is 3. The van der Waals surface area contributed by atoms with E-state index in [1.165, 1.54) is 0 Å². The lowest BCUT2D eigenvalue weighted by Crippen LogP contribution is -2.48. The topological polar surface area (TPSA) is 69.9 Å². The van der Waals surface area contributed by atoms with Crippen LogP contribution in [0.5, 0.6) is 0 Å². The van der Waals surface area contributed by atoms with Crippen LogP contribution in [-0.4, -0.2) is 50.4 Å². The molecule has 2 amide bonds. The lowest BCUT2D eigenvalue weighted by molar-refractivity contribution is -0.117. The fourth-order valence-corrected chi connectivity index (χ4v) is 3.11. The number of hydrogen-bond donors (Lipinski definition) is 1. The third-order valence-corrected chi connectivity index (χ3v) is 4.45. The highest BCUT2D eigenvalue weighted by Crippen LogP contribution is 2.34. The quantitative estimate of drug-likeness (QED) is 0.838. The molecule has 0 unspecified atom stereocenters. The molecule has 2 aromatic rings. The van der Waals surface area contributed by atoms with Crippen LogP contribution in [-0.2, 0) is 4.79 Å². The van der Waals surface area contributed by atoms with E-state index in [2.05, 4.69) is 4.90 Å². The molecule has 0 atom stereocenters. The van der Waals surface area contributed by atoms with E-state index < -0.39 is 0 Å². The van der Waals surface area contributed by atoms with Gasteiger partial charge in [-0.2, -0.15) is 0 Å². The molecule has 6 nitrogen and oxygen atoms in total. The summed E-state index contributed by atoms with van der Waals surface area (Å²) in [6, 6.07) is 14.3. The SMILES string of the molecule is CN(C)CCCN1C(=O)CN(C(=O)c2ccc(N)cc2)c2ccccc21. The van der Waals surface area contributed by atoms with Gasteiger partial charge in [0.1, 0.15) is 6.54 Å². The number of rotatable bonds is 5. The number of carbonyl (C=O) groups is 2. The van der Waals surface area contributed by atoms with Gasteiger partial charge in [0.25, 0.3) is 5.91 Å². The number of hydrogen-bond acceptors (Lipinski definition) is 4. The number of fused-ring (bicyclic) bond motifs is 1. The first-order chi connectivity index (χ1) is 12.5. The molecule has 2 aromatic carbocycles. The highest BCUT2D eigenvalue weighted by atomic mass is 16.2. The lowest BCUT2D eigenvalue weighted by atomic mass is 10.1. The molecule has 6 heteroatoms. The summed E-state index contributed by atoms with van der Waals surface area (Å²) in [5.74, 6) is -0.259. The van der Waals surface area contributed by atoms with Gasteiger partial charge < -0.3 is 15.5 Å². The molecule has 0 saturated carbocycles. The maximum absolute atomic E-state index is 12.9. The smallest absolute Gasteiger partial charge is 0.258 e. The molecule has 2 N–H and O–H groups in total. The van der Waals surface area contributed by atoms with Gasteiger partial charge in [0.05, 0.1) is 11.4 Å². The van der Waals surface area contributed by atoms with E-state index in [-0.39, 0.29) is 18.4 Å². The first-order valence-corrected chi connectivity index (χ1v) is 8.69. The number of para-hydroxylation sites is 2. The molecule has 0 aromatic heterocycles. The summed E-state index contributed by atoms with van der Waals surface area (Å²) in [6.45, 7) is 1.58. The predicted molar refractivity (Wildman–Crippen MR) is 104 cm³/mol. The van der Waals surface area contributed by atoms with Crippen molar-refractivity contribution in [2.24, 2.45) is 0 Å². The zero-order chi connectivity index (χ0) is 18.7. The number of carbonyl (C=O) groups excluding carboxylic acids is 2. The molecule has 0 bridgehead atoms. The zero-order valence-corrected chi connectivity index (χ0v) is 15.2. The molecule has 3 rings (SSSR count). The van der Waals surface area contributed by atoms with Gasteiger partial charge in [-0.05, 0) is 63.5 Å². The molecular weight excluding hydrogens is 328 g/mol. The van der Waals surface area contributed by atoms with E-state index in [1.54, 1.807) is 34.1 Å². The first kappa shape index (κ1) is 17.9. The van der Waals surface area contributed by atoms with Crippen molar-refractivity contribution in [3.8, 4) is 0 Å². The number of anilines is 3. The number of nitrogens with two attached hydrogens (primary N) is 1. The molecule has 0 saturated heterocycles. The molecular formula is C20H24N4O2. The predicted octanol–water partition coefficient (Wildman–Crippen LogP) is 2.21. The van der Waals surface area contributed by atoms with Gasteiger partial charge in [0.15, 0.2) is 0 Å². The normalized spacial score (nSPS) is 13.9. The Bertz CT molecular complexity index is 802. The number of benzene rings is 2. The van der Waals surface area contributed by atoms with Crippen molar-refractivity contribution in [2.75, 3.05) is 49.3 Å². The second-order valence-corrected chi connectivity index (χ2v) is 6.70. The van der Waals surface area contributed by atoms with Crippen LogP contribution in [0, 0.1) is 0 Å². The standard InChI is InChI=1S/C20H24N4O2/c1-22(2)12-5-13-23-17-6-3-4-7-18(17)24(14-19(23)25)20(26)15-8-10-16(21)11-9-15/h3-4,6-11H,5,12-14,21H2,1-2H3. The van der Waals surface area contributed by atoms with Gasteiger partial charge >= 0.3 is 0 Å². The molecule has 1 heterocycles. The Morgan fingerprint density at radius 2 is 1.73 bits per heavy atom. The maximum Gasteiger partial charge on any atom is 0.258 e.